The van der Waals surface area contributed by atoms with Crippen molar-refractivity contribution in [2.75, 3.05) is 0 Å². The maximum absolute atomic E-state index is 2.35. The smallest absolute Gasteiger partial charge is 0.0261 e. The molecule has 0 saturated carbocycles. The first-order valence-electron chi connectivity index (χ1n) is 4.24. The van der Waals surface area contributed by atoms with Gasteiger partial charge in [0.1, 0.15) is 0 Å². The average molecular weight is 194 g/mol. The Balaban J connectivity index is 0. The number of hydrogen-bond acceptors (Lipinski definition) is 0. The van der Waals surface area contributed by atoms with Crippen molar-refractivity contribution >= 4 is 17.8 Å². The lowest BCUT2D eigenvalue weighted by Crippen LogP contribution is -2.10. The summed E-state index contributed by atoms with van der Waals surface area (Å²) in [6.07, 6.45) is 0. The molecule has 0 aliphatic rings. The molecule has 0 spiro atoms. The predicted molar refractivity (Wildman–Crippen MR) is 63.4 cm³/mol. The lowest BCUT2D eigenvalue weighted by atomic mass is 10.5. The van der Waals surface area contributed by atoms with Gasteiger partial charge in [-0.25, -0.2) is 0 Å². The van der Waals surface area contributed by atoms with Crippen LogP contribution in [0.3, 0.4) is 0 Å². The minimum atomic E-state index is 0. The summed E-state index contributed by atoms with van der Waals surface area (Å²) in [5.74, 6) is 0. The van der Waals surface area contributed by atoms with Gasteiger partial charge < -0.3 is 0 Å². The van der Waals surface area contributed by atoms with Crippen LogP contribution < -0.4 is 0 Å². The first-order chi connectivity index (χ1) is 4.46. The van der Waals surface area contributed by atoms with Crippen LogP contribution >= 0.6 is 17.8 Å². The molecule has 0 rings (SSSR count). The molecule has 0 bridgehead atoms. The summed E-state index contributed by atoms with van der Waals surface area (Å²) in [4.78, 5) is 0. The monoisotopic (exact) mass is 194 g/mol. The van der Waals surface area contributed by atoms with Crippen LogP contribution in [0.4, 0.5) is 0 Å². The third-order valence-corrected chi connectivity index (χ3v) is 5.37. The molecule has 2 heteroatoms. The molecule has 0 amide bonds. The van der Waals surface area contributed by atoms with Crippen molar-refractivity contribution in [1.82, 2.24) is 0 Å². The largest absolute Gasteiger partial charge is 0.153 e. The normalized spacial score (nSPS) is 11.5. The van der Waals surface area contributed by atoms with Crippen molar-refractivity contribution in [3.63, 3.8) is 0 Å². The SMILES string of the molecule is CC(C)P(C(C)C)C(C)C.P. The van der Waals surface area contributed by atoms with E-state index in [1.807, 2.05) is 0 Å². The third kappa shape index (κ3) is 5.15. The van der Waals surface area contributed by atoms with Gasteiger partial charge in [-0.3, -0.25) is 0 Å². The number of hydrogen-bond donors (Lipinski definition) is 0. The summed E-state index contributed by atoms with van der Waals surface area (Å²) in [6.45, 7) is 14.1. The molecular formula is C9H24P2. The Morgan fingerprint density at radius 3 is 0.818 bits per heavy atom. The zero-order valence-corrected chi connectivity index (χ0v) is 11.2. The number of rotatable bonds is 3. The maximum atomic E-state index is 2.35. The lowest BCUT2D eigenvalue weighted by molar-refractivity contribution is 0.946. The molecule has 0 aliphatic heterocycles. The molecular weight excluding hydrogens is 170 g/mol. The van der Waals surface area contributed by atoms with Gasteiger partial charge in [0.05, 0.1) is 0 Å². The van der Waals surface area contributed by atoms with Crippen molar-refractivity contribution in [2.45, 2.75) is 58.5 Å². The molecule has 1 unspecified atom stereocenters. The van der Waals surface area contributed by atoms with Gasteiger partial charge in [-0.15, -0.1) is 0 Å². The van der Waals surface area contributed by atoms with Gasteiger partial charge in [0.15, 0.2) is 0 Å². The molecule has 0 radical (unpaired) electrons. The van der Waals surface area contributed by atoms with Crippen LogP contribution in [-0.4, -0.2) is 17.0 Å². The van der Waals surface area contributed by atoms with E-state index in [0.29, 0.717) is 0 Å². The van der Waals surface area contributed by atoms with E-state index in [0.717, 1.165) is 17.0 Å². The second kappa shape index (κ2) is 6.38. The fourth-order valence-corrected chi connectivity index (χ4v) is 5.37. The molecule has 0 fully saturated rings. The van der Waals surface area contributed by atoms with Crippen molar-refractivity contribution in [1.29, 1.82) is 0 Å². The Morgan fingerprint density at radius 2 is 0.818 bits per heavy atom. The quantitative estimate of drug-likeness (QED) is 0.600. The summed E-state index contributed by atoms with van der Waals surface area (Å²) >= 11 is 0. The summed E-state index contributed by atoms with van der Waals surface area (Å²) < 4.78 is 0. The van der Waals surface area contributed by atoms with E-state index in [2.05, 4.69) is 41.5 Å². The first kappa shape index (κ1) is 14.4. The van der Waals surface area contributed by atoms with Gasteiger partial charge in [0.25, 0.3) is 0 Å². The molecule has 0 aromatic heterocycles. The molecule has 0 saturated heterocycles. The minimum Gasteiger partial charge on any atom is -0.153 e. The Hall–Kier alpha value is 0.860. The molecule has 0 aromatic rings. The van der Waals surface area contributed by atoms with E-state index < -0.39 is 0 Å². The predicted octanol–water partition coefficient (Wildman–Crippen LogP) is 3.75. The van der Waals surface area contributed by atoms with Crippen molar-refractivity contribution < 1.29 is 0 Å². The van der Waals surface area contributed by atoms with E-state index in [-0.39, 0.29) is 17.8 Å². The topological polar surface area (TPSA) is 0 Å². The van der Waals surface area contributed by atoms with Gasteiger partial charge in [-0.1, -0.05) is 49.5 Å². The Kier molecular flexibility index (Phi) is 8.35. The highest BCUT2D eigenvalue weighted by Crippen LogP contribution is 2.49. The van der Waals surface area contributed by atoms with E-state index in [1.165, 1.54) is 0 Å². The van der Waals surface area contributed by atoms with E-state index in [4.69, 9.17) is 0 Å². The van der Waals surface area contributed by atoms with Crippen molar-refractivity contribution in [2.24, 2.45) is 0 Å². The average Bonchev–Trinajstić information content (AvgIpc) is 1.59. The fourth-order valence-electron chi connectivity index (χ4n) is 1.79. The highest BCUT2D eigenvalue weighted by Gasteiger charge is 2.19. The summed E-state index contributed by atoms with van der Waals surface area (Å²) in [5, 5.41) is 0. The van der Waals surface area contributed by atoms with Gasteiger partial charge in [-0.2, -0.15) is 9.90 Å². The zero-order valence-electron chi connectivity index (χ0n) is 8.89. The summed E-state index contributed by atoms with van der Waals surface area (Å²) in [5.41, 5.74) is 2.69. The van der Waals surface area contributed by atoms with Crippen molar-refractivity contribution in [3.05, 3.63) is 0 Å². The van der Waals surface area contributed by atoms with Gasteiger partial charge in [0.2, 0.25) is 0 Å². The Labute approximate surface area is 76.9 Å². The molecule has 0 N–H and O–H groups in total. The Morgan fingerprint density at radius 1 is 0.636 bits per heavy atom. The second-order valence-electron chi connectivity index (χ2n) is 3.73. The molecule has 11 heavy (non-hydrogen) atoms. The molecule has 0 aromatic carbocycles. The highest BCUT2D eigenvalue weighted by molar-refractivity contribution is 7.59. The zero-order chi connectivity index (χ0) is 8.31. The second-order valence-corrected chi connectivity index (χ2v) is 7.72. The Bertz CT molecular complexity index is 68.5. The molecule has 70 valence electrons. The van der Waals surface area contributed by atoms with Crippen LogP contribution in [0.2, 0.25) is 0 Å². The van der Waals surface area contributed by atoms with Crippen LogP contribution in [-0.2, 0) is 0 Å². The molecule has 1 atom stereocenters. The van der Waals surface area contributed by atoms with Crippen LogP contribution in [0.1, 0.15) is 41.5 Å². The third-order valence-electron chi connectivity index (χ3n) is 1.79. The van der Waals surface area contributed by atoms with Crippen molar-refractivity contribution in [3.8, 4) is 0 Å². The van der Waals surface area contributed by atoms with Gasteiger partial charge in [-0.05, 0) is 17.0 Å². The van der Waals surface area contributed by atoms with Crippen LogP contribution in [0.5, 0.6) is 0 Å². The molecule has 0 nitrogen and oxygen atoms in total. The maximum Gasteiger partial charge on any atom is -0.0261 e. The molecule has 0 heterocycles. The standard InChI is InChI=1S/C9H21P.H3P/c1-7(2)10(8(3)4)9(5)6;/h7-9H,1-6H3;1H3. The van der Waals surface area contributed by atoms with Gasteiger partial charge >= 0.3 is 0 Å². The van der Waals surface area contributed by atoms with E-state index >= 15 is 0 Å². The summed E-state index contributed by atoms with van der Waals surface area (Å²) in [7, 11) is 0.262. The van der Waals surface area contributed by atoms with Crippen LogP contribution in [0.25, 0.3) is 0 Å². The van der Waals surface area contributed by atoms with Gasteiger partial charge in [0, 0.05) is 0 Å². The van der Waals surface area contributed by atoms with E-state index in [1.54, 1.807) is 0 Å². The highest BCUT2D eigenvalue weighted by atomic mass is 31.1. The van der Waals surface area contributed by atoms with E-state index in [9.17, 15) is 0 Å². The van der Waals surface area contributed by atoms with Crippen LogP contribution in [0.15, 0.2) is 0 Å². The summed E-state index contributed by atoms with van der Waals surface area (Å²) in [6, 6.07) is 0. The molecule has 0 aliphatic carbocycles. The first-order valence-corrected chi connectivity index (χ1v) is 5.79. The van der Waals surface area contributed by atoms with Crippen LogP contribution in [0, 0.1) is 0 Å². The lowest BCUT2D eigenvalue weighted by Gasteiger charge is -2.29. The minimum absolute atomic E-state index is 0. The fraction of sp³-hybridized carbons (Fsp3) is 1.00.